The Hall–Kier alpha value is -4.06. The van der Waals surface area contributed by atoms with Crippen molar-refractivity contribution in [3.63, 3.8) is 0 Å². The van der Waals surface area contributed by atoms with E-state index in [0.717, 1.165) is 27.9 Å². The number of oxazole rings is 1. The fourth-order valence-corrected chi connectivity index (χ4v) is 2.92. The first kappa shape index (κ1) is 18.3. The van der Waals surface area contributed by atoms with Gasteiger partial charge in [-0.1, -0.05) is 18.2 Å². The summed E-state index contributed by atoms with van der Waals surface area (Å²) in [7, 11) is 0. The molecule has 0 atom stereocenters. The maximum absolute atomic E-state index is 11.0. The van der Waals surface area contributed by atoms with Gasteiger partial charge in [-0.05, 0) is 67.1 Å². The summed E-state index contributed by atoms with van der Waals surface area (Å²) in [6.45, 7) is 2.01. The predicted octanol–water partition coefficient (Wildman–Crippen LogP) is 6.13. The third-order valence-corrected chi connectivity index (χ3v) is 4.38. The molecule has 0 bridgehead atoms. The number of nitro benzene ring substituents is 1. The van der Waals surface area contributed by atoms with Gasteiger partial charge in [-0.25, -0.2) is 4.98 Å². The number of nitrogens with zero attached hydrogens (tertiary/aromatic N) is 3. The molecule has 0 spiro atoms. The highest BCUT2D eigenvalue weighted by molar-refractivity contribution is 5.82. The number of aliphatic imine (C=N–C) groups is 1. The van der Waals surface area contributed by atoms with Gasteiger partial charge in [-0.3, -0.25) is 15.1 Å². The molecule has 4 aromatic rings. The number of allylic oxidation sites excluding steroid dienone is 1. The van der Waals surface area contributed by atoms with Crippen molar-refractivity contribution in [2.75, 3.05) is 0 Å². The number of hydrogen-bond donors (Lipinski definition) is 0. The molecule has 0 saturated carbocycles. The molecule has 3 aromatic carbocycles. The standard InChI is InChI=1S/C23H17N3O3/c1-16-8-13-20-22(15-16)29-23(25-20)18-9-11-19(12-10-18)24-14-4-6-17-5-2-3-7-21(17)26(27)28/h2-15H,1H3. The van der Waals surface area contributed by atoms with Crippen molar-refractivity contribution in [3.05, 3.63) is 94.0 Å². The number of benzene rings is 3. The van der Waals surface area contributed by atoms with Gasteiger partial charge in [0, 0.05) is 17.8 Å². The van der Waals surface area contributed by atoms with Gasteiger partial charge in [-0.2, -0.15) is 0 Å². The molecule has 0 radical (unpaired) electrons. The van der Waals surface area contributed by atoms with E-state index in [9.17, 15) is 10.1 Å². The summed E-state index contributed by atoms with van der Waals surface area (Å²) in [4.78, 5) is 19.5. The number of aryl methyl sites for hydroxylation is 1. The summed E-state index contributed by atoms with van der Waals surface area (Å²) < 4.78 is 5.84. The molecule has 0 aliphatic rings. The van der Waals surface area contributed by atoms with Crippen LogP contribution in [0.5, 0.6) is 0 Å². The number of hydrogen-bond acceptors (Lipinski definition) is 5. The summed E-state index contributed by atoms with van der Waals surface area (Å²) in [6.07, 6.45) is 4.95. The van der Waals surface area contributed by atoms with Gasteiger partial charge in [0.1, 0.15) is 5.52 Å². The topological polar surface area (TPSA) is 81.5 Å². The Morgan fingerprint density at radius 1 is 1.07 bits per heavy atom. The maximum atomic E-state index is 11.0. The summed E-state index contributed by atoms with van der Waals surface area (Å²) in [5, 5.41) is 11.0. The molecule has 0 N–H and O–H groups in total. The fraction of sp³-hybridized carbons (Fsp3) is 0.0435. The Bertz CT molecular complexity index is 1240. The molecule has 0 fully saturated rings. The van der Waals surface area contributed by atoms with Gasteiger partial charge < -0.3 is 4.42 Å². The average molecular weight is 383 g/mol. The zero-order valence-electron chi connectivity index (χ0n) is 15.6. The predicted molar refractivity (Wildman–Crippen MR) is 114 cm³/mol. The number of para-hydroxylation sites is 1. The van der Waals surface area contributed by atoms with Crippen molar-refractivity contribution >= 4 is 34.8 Å². The first-order chi connectivity index (χ1) is 14.1. The second-order valence-corrected chi connectivity index (χ2v) is 6.49. The van der Waals surface area contributed by atoms with E-state index >= 15 is 0 Å². The molecule has 0 unspecified atom stereocenters. The highest BCUT2D eigenvalue weighted by Crippen LogP contribution is 2.26. The van der Waals surface area contributed by atoms with Gasteiger partial charge in [0.15, 0.2) is 5.58 Å². The molecular weight excluding hydrogens is 366 g/mol. The van der Waals surface area contributed by atoms with Crippen LogP contribution in [0.3, 0.4) is 0 Å². The minimum Gasteiger partial charge on any atom is -0.436 e. The van der Waals surface area contributed by atoms with Crippen molar-refractivity contribution in [2.45, 2.75) is 6.92 Å². The first-order valence-electron chi connectivity index (χ1n) is 9.02. The number of fused-ring (bicyclic) bond motifs is 1. The van der Waals surface area contributed by atoms with E-state index in [2.05, 4.69) is 9.98 Å². The van der Waals surface area contributed by atoms with Gasteiger partial charge in [0.05, 0.1) is 16.2 Å². The van der Waals surface area contributed by atoms with Crippen molar-refractivity contribution < 1.29 is 9.34 Å². The Kier molecular flexibility index (Phi) is 4.99. The van der Waals surface area contributed by atoms with E-state index < -0.39 is 4.92 Å². The number of aromatic nitrogens is 1. The maximum Gasteiger partial charge on any atom is 0.276 e. The highest BCUT2D eigenvalue weighted by atomic mass is 16.6. The van der Waals surface area contributed by atoms with Crippen LogP contribution < -0.4 is 0 Å². The lowest BCUT2D eigenvalue weighted by molar-refractivity contribution is -0.385. The van der Waals surface area contributed by atoms with E-state index in [1.165, 1.54) is 6.07 Å². The van der Waals surface area contributed by atoms with Gasteiger partial charge in [0.2, 0.25) is 5.89 Å². The zero-order chi connectivity index (χ0) is 20.2. The Morgan fingerprint density at radius 3 is 2.66 bits per heavy atom. The van der Waals surface area contributed by atoms with E-state index in [1.807, 2.05) is 49.4 Å². The molecule has 1 heterocycles. The smallest absolute Gasteiger partial charge is 0.276 e. The first-order valence-corrected chi connectivity index (χ1v) is 9.02. The molecule has 142 valence electrons. The van der Waals surface area contributed by atoms with Crippen LogP contribution >= 0.6 is 0 Å². The molecular formula is C23H17N3O3. The van der Waals surface area contributed by atoms with Crippen molar-refractivity contribution in [1.82, 2.24) is 4.98 Å². The molecule has 6 heteroatoms. The fourth-order valence-electron chi connectivity index (χ4n) is 2.92. The summed E-state index contributed by atoms with van der Waals surface area (Å²) >= 11 is 0. The third-order valence-electron chi connectivity index (χ3n) is 4.38. The van der Waals surface area contributed by atoms with E-state index in [-0.39, 0.29) is 5.69 Å². The third kappa shape index (κ3) is 4.11. The van der Waals surface area contributed by atoms with Crippen LogP contribution in [0.25, 0.3) is 28.6 Å². The van der Waals surface area contributed by atoms with Gasteiger partial charge in [0.25, 0.3) is 5.69 Å². The minimum atomic E-state index is -0.400. The highest BCUT2D eigenvalue weighted by Gasteiger charge is 2.09. The lowest BCUT2D eigenvalue weighted by Gasteiger charge is -1.97. The summed E-state index contributed by atoms with van der Waals surface area (Å²) in [5.74, 6) is 0.567. The number of rotatable bonds is 5. The van der Waals surface area contributed by atoms with Gasteiger partial charge in [-0.15, -0.1) is 0 Å². The molecule has 0 aliphatic carbocycles. The van der Waals surface area contributed by atoms with Gasteiger partial charge >= 0.3 is 0 Å². The molecule has 0 aliphatic heterocycles. The SMILES string of the molecule is Cc1ccc2nc(-c3ccc(N=CC=Cc4ccccc4[N+](=O)[O-])cc3)oc2c1. The van der Waals surface area contributed by atoms with E-state index in [0.29, 0.717) is 11.5 Å². The lowest BCUT2D eigenvalue weighted by Crippen LogP contribution is -1.90. The van der Waals surface area contributed by atoms with Crippen LogP contribution in [0.2, 0.25) is 0 Å². The molecule has 29 heavy (non-hydrogen) atoms. The van der Waals surface area contributed by atoms with Crippen molar-refractivity contribution in [2.24, 2.45) is 4.99 Å². The monoisotopic (exact) mass is 383 g/mol. The van der Waals surface area contributed by atoms with Crippen LogP contribution in [0.4, 0.5) is 11.4 Å². The second-order valence-electron chi connectivity index (χ2n) is 6.49. The molecule has 0 amide bonds. The van der Waals surface area contributed by atoms with Crippen LogP contribution in [0, 0.1) is 17.0 Å². The number of nitro groups is 1. The quantitative estimate of drug-likeness (QED) is 0.236. The lowest BCUT2D eigenvalue weighted by atomic mass is 10.1. The summed E-state index contributed by atoms with van der Waals surface area (Å²) in [6, 6.07) is 20.0. The average Bonchev–Trinajstić information content (AvgIpc) is 3.15. The normalized spacial score (nSPS) is 11.6. The Labute approximate surface area is 167 Å². The minimum absolute atomic E-state index is 0.0648. The van der Waals surface area contributed by atoms with E-state index in [4.69, 9.17) is 4.42 Å². The molecule has 4 rings (SSSR count). The largest absolute Gasteiger partial charge is 0.436 e. The van der Waals surface area contributed by atoms with E-state index in [1.54, 1.807) is 36.6 Å². The molecule has 6 nitrogen and oxygen atoms in total. The summed E-state index contributed by atoms with van der Waals surface area (Å²) in [5.41, 5.74) is 4.94. The van der Waals surface area contributed by atoms with Crippen LogP contribution in [-0.4, -0.2) is 16.1 Å². The Morgan fingerprint density at radius 2 is 1.86 bits per heavy atom. The van der Waals surface area contributed by atoms with Crippen LogP contribution in [0.15, 0.2) is 82.2 Å². The van der Waals surface area contributed by atoms with Crippen molar-refractivity contribution in [3.8, 4) is 11.5 Å². The molecule has 1 aromatic heterocycles. The van der Waals surface area contributed by atoms with Crippen LogP contribution in [-0.2, 0) is 0 Å². The Balaban J connectivity index is 1.48. The molecule has 0 saturated heterocycles. The zero-order valence-corrected chi connectivity index (χ0v) is 15.6. The second kappa shape index (κ2) is 7.90. The van der Waals surface area contributed by atoms with Crippen LogP contribution in [0.1, 0.15) is 11.1 Å². The van der Waals surface area contributed by atoms with Crippen molar-refractivity contribution in [1.29, 1.82) is 0 Å².